The average Bonchev–Trinajstić information content (AvgIpc) is 2.87. The third kappa shape index (κ3) is 5.61. The predicted molar refractivity (Wildman–Crippen MR) is 128 cm³/mol. The van der Waals surface area contributed by atoms with Crippen molar-refractivity contribution in [1.82, 2.24) is 10.2 Å². The Hall–Kier alpha value is -3.60. The molecule has 33 heavy (non-hydrogen) atoms. The van der Waals surface area contributed by atoms with Crippen LogP contribution < -0.4 is 5.32 Å². The van der Waals surface area contributed by atoms with Crippen molar-refractivity contribution in [1.29, 1.82) is 0 Å². The van der Waals surface area contributed by atoms with Crippen LogP contribution in [0.25, 0.3) is 0 Å². The van der Waals surface area contributed by atoms with Gasteiger partial charge in [0.2, 0.25) is 5.91 Å². The van der Waals surface area contributed by atoms with E-state index in [1.54, 1.807) is 0 Å². The van der Waals surface area contributed by atoms with Gasteiger partial charge < -0.3 is 15.0 Å². The first kappa shape index (κ1) is 22.6. The second-order valence-corrected chi connectivity index (χ2v) is 8.46. The van der Waals surface area contributed by atoms with Crippen molar-refractivity contribution >= 4 is 12.0 Å². The number of benzene rings is 3. The fraction of sp³-hybridized carbons (Fsp3) is 0.286. The molecule has 0 saturated carbocycles. The van der Waals surface area contributed by atoms with Gasteiger partial charge in [-0.15, -0.1) is 0 Å². The molecule has 0 spiro atoms. The van der Waals surface area contributed by atoms with E-state index in [-0.39, 0.29) is 30.5 Å². The summed E-state index contributed by atoms with van der Waals surface area (Å²) < 4.78 is 5.39. The minimum Gasteiger partial charge on any atom is -0.445 e. The highest BCUT2D eigenvalue weighted by Crippen LogP contribution is 2.43. The normalized spacial score (nSPS) is 18.3. The molecule has 5 nitrogen and oxygen atoms in total. The summed E-state index contributed by atoms with van der Waals surface area (Å²) >= 11 is 0. The first-order chi connectivity index (χ1) is 16.2. The lowest BCUT2D eigenvalue weighted by Gasteiger charge is -2.48. The number of amides is 2. The third-order valence-electron chi connectivity index (χ3n) is 6.22. The van der Waals surface area contributed by atoms with Gasteiger partial charge in [0, 0.05) is 12.6 Å². The fourth-order valence-corrected chi connectivity index (χ4v) is 4.43. The van der Waals surface area contributed by atoms with Crippen LogP contribution in [-0.4, -0.2) is 22.9 Å². The van der Waals surface area contributed by atoms with E-state index in [9.17, 15) is 9.59 Å². The second-order valence-electron chi connectivity index (χ2n) is 8.46. The number of carbonyl (C=O) groups is 2. The van der Waals surface area contributed by atoms with Crippen LogP contribution in [0.2, 0.25) is 0 Å². The number of hydrogen-bond donors (Lipinski definition) is 1. The first-order valence-electron chi connectivity index (χ1n) is 11.5. The summed E-state index contributed by atoms with van der Waals surface area (Å²) in [6.45, 7) is 2.83. The van der Waals surface area contributed by atoms with Gasteiger partial charge in [0.15, 0.2) is 0 Å². The van der Waals surface area contributed by atoms with Gasteiger partial charge >= 0.3 is 6.09 Å². The molecule has 1 aliphatic heterocycles. The summed E-state index contributed by atoms with van der Waals surface area (Å²) in [5.74, 6) is -0.0407. The number of likely N-dealkylation sites (tertiary alicyclic amines) is 1. The van der Waals surface area contributed by atoms with Crippen LogP contribution in [0.3, 0.4) is 0 Å². The van der Waals surface area contributed by atoms with Crippen molar-refractivity contribution in [2.24, 2.45) is 5.92 Å². The summed E-state index contributed by atoms with van der Waals surface area (Å²) in [5.41, 5.74) is 3.18. The highest BCUT2D eigenvalue weighted by atomic mass is 16.5. The highest BCUT2D eigenvalue weighted by molar-refractivity contribution is 5.86. The van der Waals surface area contributed by atoms with Crippen molar-refractivity contribution in [2.45, 2.75) is 45.0 Å². The van der Waals surface area contributed by atoms with Crippen molar-refractivity contribution in [2.75, 3.05) is 0 Å². The summed E-state index contributed by atoms with van der Waals surface area (Å²) in [6, 6.07) is 29.7. The molecule has 5 heteroatoms. The maximum Gasteiger partial charge on any atom is 0.407 e. The van der Waals surface area contributed by atoms with Crippen LogP contribution in [0.15, 0.2) is 91.0 Å². The molecule has 1 saturated heterocycles. The Morgan fingerprint density at radius 3 is 2.09 bits per heavy atom. The number of nitrogens with zero attached hydrogens (tertiary/aromatic N) is 1. The zero-order chi connectivity index (χ0) is 23.0. The Bertz CT molecular complexity index is 1040. The number of alkyl carbamates (subject to hydrolysis) is 1. The zero-order valence-electron chi connectivity index (χ0n) is 18.9. The van der Waals surface area contributed by atoms with E-state index < -0.39 is 6.09 Å². The largest absolute Gasteiger partial charge is 0.445 e. The van der Waals surface area contributed by atoms with Gasteiger partial charge in [0.25, 0.3) is 0 Å². The molecule has 1 aliphatic rings. The monoisotopic (exact) mass is 442 g/mol. The lowest BCUT2D eigenvalue weighted by Crippen LogP contribution is -2.56. The number of ether oxygens (including phenoxy) is 1. The van der Waals surface area contributed by atoms with Crippen molar-refractivity contribution < 1.29 is 14.3 Å². The molecule has 1 heterocycles. The SMILES string of the molecule is CC[C@@H](C[C@H]1C(=O)N(Cc2ccccc2)[C@@H]1c1ccccc1)NC(=O)OCc1ccccc1. The van der Waals surface area contributed by atoms with Crippen LogP contribution in [0, 0.1) is 5.92 Å². The number of rotatable bonds is 9. The Balaban J connectivity index is 1.41. The van der Waals surface area contributed by atoms with Crippen LogP contribution in [0.5, 0.6) is 0 Å². The summed E-state index contributed by atoms with van der Waals surface area (Å²) in [5, 5.41) is 2.96. The van der Waals surface area contributed by atoms with Crippen LogP contribution >= 0.6 is 0 Å². The molecule has 3 atom stereocenters. The van der Waals surface area contributed by atoms with Crippen LogP contribution in [0.4, 0.5) is 4.79 Å². The molecule has 3 aromatic rings. The van der Waals surface area contributed by atoms with Gasteiger partial charge in [-0.05, 0) is 29.5 Å². The molecule has 1 N–H and O–H groups in total. The molecule has 0 aromatic heterocycles. The van der Waals surface area contributed by atoms with Crippen molar-refractivity contribution in [3.05, 3.63) is 108 Å². The highest BCUT2D eigenvalue weighted by Gasteiger charge is 2.48. The van der Waals surface area contributed by atoms with Crippen molar-refractivity contribution in [3.63, 3.8) is 0 Å². The van der Waals surface area contributed by atoms with Gasteiger partial charge in [-0.2, -0.15) is 0 Å². The van der Waals surface area contributed by atoms with E-state index in [0.717, 1.165) is 23.1 Å². The molecule has 0 bridgehead atoms. The minimum atomic E-state index is -0.449. The van der Waals surface area contributed by atoms with E-state index in [0.29, 0.717) is 13.0 Å². The molecular formula is C28H30N2O3. The van der Waals surface area contributed by atoms with Gasteiger partial charge in [0.05, 0.1) is 12.0 Å². The topological polar surface area (TPSA) is 58.6 Å². The van der Waals surface area contributed by atoms with E-state index in [4.69, 9.17) is 4.74 Å². The van der Waals surface area contributed by atoms with Crippen molar-refractivity contribution in [3.8, 4) is 0 Å². The quantitative estimate of drug-likeness (QED) is 0.446. The lowest BCUT2D eigenvalue weighted by atomic mass is 9.78. The Kier molecular flexibility index (Phi) is 7.40. The number of nitrogens with one attached hydrogen (secondary N) is 1. The zero-order valence-corrected chi connectivity index (χ0v) is 18.9. The number of hydrogen-bond acceptors (Lipinski definition) is 3. The Labute approximate surface area is 195 Å². The number of β-lactam (4-membered cyclic amide) rings is 1. The van der Waals surface area contributed by atoms with Crippen LogP contribution in [0.1, 0.15) is 42.5 Å². The standard InChI is InChI=1S/C28H30N2O3/c1-2-24(29-28(32)33-20-22-14-8-4-9-15-22)18-25-26(23-16-10-5-11-17-23)30(27(25)31)19-21-12-6-3-7-13-21/h3-17,24-26H,2,18-20H2,1H3,(H,29,32)/t24-,25+,26+/m0/s1. The van der Waals surface area contributed by atoms with E-state index in [1.165, 1.54) is 0 Å². The fourth-order valence-electron chi connectivity index (χ4n) is 4.43. The van der Waals surface area contributed by atoms with E-state index in [1.807, 2.05) is 90.7 Å². The molecule has 1 fully saturated rings. The lowest BCUT2D eigenvalue weighted by molar-refractivity contribution is -0.159. The Morgan fingerprint density at radius 1 is 0.909 bits per heavy atom. The number of carbonyl (C=O) groups excluding carboxylic acids is 2. The molecule has 3 aromatic carbocycles. The van der Waals surface area contributed by atoms with Gasteiger partial charge in [0.1, 0.15) is 6.61 Å². The molecular weight excluding hydrogens is 412 g/mol. The Morgan fingerprint density at radius 2 is 1.48 bits per heavy atom. The summed E-state index contributed by atoms with van der Waals surface area (Å²) in [6.07, 6.45) is 0.861. The first-order valence-corrected chi connectivity index (χ1v) is 11.5. The molecule has 0 unspecified atom stereocenters. The summed E-state index contributed by atoms with van der Waals surface area (Å²) in [4.78, 5) is 27.5. The van der Waals surface area contributed by atoms with Crippen LogP contribution in [-0.2, 0) is 22.7 Å². The molecule has 0 radical (unpaired) electrons. The maximum atomic E-state index is 13.2. The molecule has 170 valence electrons. The second kappa shape index (κ2) is 10.8. The van der Waals surface area contributed by atoms with E-state index >= 15 is 0 Å². The van der Waals surface area contributed by atoms with Gasteiger partial charge in [-0.1, -0.05) is 97.9 Å². The molecule has 2 amide bonds. The predicted octanol–water partition coefficient (Wildman–Crippen LogP) is 5.48. The molecule has 0 aliphatic carbocycles. The minimum absolute atomic E-state index is 0.00454. The molecule has 4 rings (SSSR count). The van der Waals surface area contributed by atoms with E-state index in [2.05, 4.69) is 17.4 Å². The summed E-state index contributed by atoms with van der Waals surface area (Å²) in [7, 11) is 0. The third-order valence-corrected chi connectivity index (χ3v) is 6.22. The average molecular weight is 443 g/mol. The smallest absolute Gasteiger partial charge is 0.407 e. The van der Waals surface area contributed by atoms with Gasteiger partial charge in [-0.3, -0.25) is 4.79 Å². The van der Waals surface area contributed by atoms with Gasteiger partial charge in [-0.25, -0.2) is 4.79 Å². The maximum absolute atomic E-state index is 13.2.